The van der Waals surface area contributed by atoms with Crippen molar-refractivity contribution in [2.75, 3.05) is 5.43 Å². The molecule has 0 spiro atoms. The molecule has 29 heavy (non-hydrogen) atoms. The summed E-state index contributed by atoms with van der Waals surface area (Å²) in [7, 11) is 0. The van der Waals surface area contributed by atoms with Gasteiger partial charge in [0.25, 0.3) is 0 Å². The van der Waals surface area contributed by atoms with Crippen LogP contribution >= 0.6 is 0 Å². The van der Waals surface area contributed by atoms with Gasteiger partial charge in [-0.3, -0.25) is 5.43 Å². The zero-order valence-corrected chi connectivity index (χ0v) is 17.1. The lowest BCUT2D eigenvalue weighted by atomic mass is 10.1. The van der Waals surface area contributed by atoms with Gasteiger partial charge in [0.05, 0.1) is 16.9 Å². The Kier molecular flexibility index (Phi) is 7.91. The number of benzene rings is 3. The molecule has 6 nitrogen and oxygen atoms in total. The molecule has 0 amide bonds. The summed E-state index contributed by atoms with van der Waals surface area (Å²) in [5.41, 5.74) is 12.8. The first-order valence-corrected chi connectivity index (χ1v) is 9.22. The molecule has 3 aromatic carbocycles. The maximum atomic E-state index is 10.2. The average Bonchev–Trinajstić information content (AvgIpc) is 2.72. The third-order valence-corrected chi connectivity index (χ3v) is 4.60. The normalized spacial score (nSPS) is 10.2. The van der Waals surface area contributed by atoms with Crippen LogP contribution in [0.2, 0.25) is 0 Å². The number of carboxylic acids is 1. The number of anilines is 1. The van der Waals surface area contributed by atoms with Crippen LogP contribution in [-0.4, -0.2) is 11.1 Å². The zero-order valence-electron chi connectivity index (χ0n) is 17.1. The highest BCUT2D eigenvalue weighted by atomic mass is 16.4. The largest absolute Gasteiger partial charge is 0.478 e. The van der Waals surface area contributed by atoms with Crippen molar-refractivity contribution in [1.29, 1.82) is 0 Å². The summed E-state index contributed by atoms with van der Waals surface area (Å²) < 4.78 is 0. The summed E-state index contributed by atoms with van der Waals surface area (Å²) in [4.78, 5) is 10.2. The summed E-state index contributed by atoms with van der Waals surface area (Å²) in [6, 6.07) is 20.4. The Morgan fingerprint density at radius 1 is 0.793 bits per heavy atom. The van der Waals surface area contributed by atoms with Crippen LogP contribution in [0, 0.1) is 27.7 Å². The first-order valence-electron chi connectivity index (χ1n) is 9.22. The summed E-state index contributed by atoms with van der Waals surface area (Å²) in [5, 5.41) is 16.5. The number of carboxylic acid groups (broad SMARTS) is 1. The average molecular weight is 390 g/mol. The van der Waals surface area contributed by atoms with Gasteiger partial charge in [-0.1, -0.05) is 47.7 Å². The standard InChI is InChI=1S/C16H20N4.C7H6O2/c1-11-7-5-9-15(13(11)3)17-19-20-18-16-10-6-8-12(2)14(16)4;8-7(9)6-4-2-1-3-5-6/h5-10H,1-4H3,(H,17,20)(H,18,19);1-5H,(H,8,9). The molecule has 6 heteroatoms. The number of hydrogen-bond acceptors (Lipinski definition) is 4. The Morgan fingerprint density at radius 2 is 1.41 bits per heavy atom. The van der Waals surface area contributed by atoms with Gasteiger partial charge in [0.2, 0.25) is 0 Å². The fourth-order valence-electron chi connectivity index (χ4n) is 2.48. The lowest BCUT2D eigenvalue weighted by molar-refractivity contribution is 0.0697. The third kappa shape index (κ3) is 6.46. The number of aryl methyl sites for hydroxylation is 2. The Labute approximate surface area is 171 Å². The van der Waals surface area contributed by atoms with E-state index in [4.69, 9.17) is 5.11 Å². The van der Waals surface area contributed by atoms with E-state index in [0.717, 1.165) is 16.9 Å². The first-order chi connectivity index (χ1) is 13.9. The molecule has 150 valence electrons. The van der Waals surface area contributed by atoms with Crippen LogP contribution in [0.4, 0.5) is 11.4 Å². The second-order valence-corrected chi connectivity index (χ2v) is 6.57. The van der Waals surface area contributed by atoms with Crippen LogP contribution < -0.4 is 11.0 Å². The molecular formula is C23H26N4O2. The van der Waals surface area contributed by atoms with E-state index in [-0.39, 0.29) is 0 Å². The number of nitrogens with one attached hydrogen (secondary N) is 2. The minimum atomic E-state index is -0.879. The zero-order chi connectivity index (χ0) is 21.2. The highest BCUT2D eigenvalue weighted by Crippen LogP contribution is 2.21. The van der Waals surface area contributed by atoms with Gasteiger partial charge < -0.3 is 5.11 Å². The summed E-state index contributed by atoms with van der Waals surface area (Å²) >= 11 is 0. The molecule has 0 saturated carbocycles. The highest BCUT2D eigenvalue weighted by Gasteiger charge is 2.00. The van der Waals surface area contributed by atoms with E-state index in [1.54, 1.807) is 30.3 Å². The summed E-state index contributed by atoms with van der Waals surface area (Å²) in [6.45, 7) is 8.26. The lowest BCUT2D eigenvalue weighted by Gasteiger charge is -2.09. The van der Waals surface area contributed by atoms with Crippen molar-refractivity contribution >= 4 is 17.3 Å². The third-order valence-electron chi connectivity index (χ3n) is 4.60. The van der Waals surface area contributed by atoms with Crippen molar-refractivity contribution in [3.05, 3.63) is 94.5 Å². The van der Waals surface area contributed by atoms with Crippen LogP contribution in [-0.2, 0) is 0 Å². The van der Waals surface area contributed by atoms with Gasteiger partial charge in [-0.2, -0.15) is 0 Å². The van der Waals surface area contributed by atoms with Gasteiger partial charge in [0.1, 0.15) is 0 Å². The van der Waals surface area contributed by atoms with Crippen molar-refractivity contribution in [3.63, 3.8) is 0 Å². The molecule has 0 radical (unpaired) electrons. The first kappa shape index (κ1) is 21.6. The molecule has 0 aliphatic heterocycles. The minimum absolute atomic E-state index is 0.331. The maximum Gasteiger partial charge on any atom is 0.335 e. The molecule has 0 unspecified atom stereocenters. The van der Waals surface area contributed by atoms with Crippen molar-refractivity contribution < 1.29 is 9.90 Å². The molecule has 0 aliphatic carbocycles. The smallest absolute Gasteiger partial charge is 0.335 e. The van der Waals surface area contributed by atoms with Gasteiger partial charge >= 0.3 is 5.97 Å². The van der Waals surface area contributed by atoms with Crippen molar-refractivity contribution in [2.45, 2.75) is 27.7 Å². The van der Waals surface area contributed by atoms with E-state index in [9.17, 15) is 4.79 Å². The number of hydrogen-bond donors (Lipinski definition) is 3. The molecular weight excluding hydrogens is 364 g/mol. The molecule has 3 rings (SSSR count). The highest BCUT2D eigenvalue weighted by molar-refractivity contribution is 5.87. The molecule has 3 aromatic rings. The monoisotopic (exact) mass is 390 g/mol. The van der Waals surface area contributed by atoms with Gasteiger partial charge in [-0.25, -0.2) is 10.3 Å². The molecule has 0 bridgehead atoms. The minimum Gasteiger partial charge on any atom is -0.478 e. The van der Waals surface area contributed by atoms with E-state index in [0.29, 0.717) is 5.56 Å². The van der Waals surface area contributed by atoms with Gasteiger partial charge in [0.15, 0.2) is 0 Å². The second kappa shape index (κ2) is 10.6. The number of rotatable bonds is 5. The predicted molar refractivity (Wildman–Crippen MR) is 117 cm³/mol. The van der Waals surface area contributed by atoms with E-state index in [1.807, 2.05) is 31.2 Å². The Balaban J connectivity index is 0.000000278. The number of aromatic carboxylic acids is 1. The topological polar surface area (TPSA) is 86.1 Å². The molecule has 0 aliphatic rings. The van der Waals surface area contributed by atoms with Crippen LogP contribution in [0.25, 0.3) is 0 Å². The van der Waals surface area contributed by atoms with E-state index in [1.165, 1.54) is 16.7 Å². The van der Waals surface area contributed by atoms with Crippen LogP contribution in [0.5, 0.6) is 0 Å². The van der Waals surface area contributed by atoms with Crippen LogP contribution in [0.15, 0.2) is 77.1 Å². The van der Waals surface area contributed by atoms with Crippen LogP contribution in [0.3, 0.4) is 0 Å². The Hall–Kier alpha value is -3.67. The molecule has 0 heterocycles. The lowest BCUT2D eigenvalue weighted by Crippen LogP contribution is -2.14. The van der Waals surface area contributed by atoms with Crippen LogP contribution in [0.1, 0.15) is 32.6 Å². The molecule has 0 aromatic heterocycles. The SMILES string of the molecule is Cc1cccc(N=NNNc2cccc(C)c2C)c1C.O=C(O)c1ccccc1. The maximum absolute atomic E-state index is 10.2. The fraction of sp³-hybridized carbons (Fsp3) is 0.174. The molecule has 0 saturated heterocycles. The quantitative estimate of drug-likeness (QED) is 0.373. The molecule has 0 atom stereocenters. The second-order valence-electron chi connectivity index (χ2n) is 6.57. The molecule has 3 N–H and O–H groups in total. The predicted octanol–water partition coefficient (Wildman–Crippen LogP) is 5.92. The fourth-order valence-corrected chi connectivity index (χ4v) is 2.48. The van der Waals surface area contributed by atoms with E-state index in [2.05, 4.69) is 54.2 Å². The summed E-state index contributed by atoms with van der Waals surface area (Å²) in [6.07, 6.45) is 0. The van der Waals surface area contributed by atoms with Gasteiger partial charge in [-0.05, 0) is 74.2 Å². The number of carbonyl (C=O) groups is 1. The van der Waals surface area contributed by atoms with Gasteiger partial charge in [0, 0.05) is 0 Å². The van der Waals surface area contributed by atoms with Gasteiger partial charge in [-0.15, -0.1) is 5.11 Å². The van der Waals surface area contributed by atoms with E-state index < -0.39 is 5.97 Å². The van der Waals surface area contributed by atoms with E-state index >= 15 is 0 Å². The number of hydrazine groups is 1. The Bertz CT molecular complexity index is 985. The molecule has 0 fully saturated rings. The van der Waals surface area contributed by atoms with Crippen molar-refractivity contribution in [2.24, 2.45) is 10.3 Å². The number of nitrogens with zero attached hydrogens (tertiary/aromatic N) is 2. The van der Waals surface area contributed by atoms with Crippen molar-refractivity contribution in [3.8, 4) is 0 Å². The summed E-state index contributed by atoms with van der Waals surface area (Å²) in [5.74, 6) is -0.879. The Morgan fingerprint density at radius 3 is 2.03 bits per heavy atom. The van der Waals surface area contributed by atoms with Crippen molar-refractivity contribution in [1.82, 2.24) is 5.53 Å².